The Morgan fingerprint density at radius 3 is 2.65 bits per heavy atom. The number of rotatable bonds is 9. The SMILES string of the molecule is COC(=O)NCCCn1cc([C@@H](C)N(C(=O)[C@H]2CNCC(C(F)(F)F)O2)C2CC2)nc1-c1ccccc1. The summed E-state index contributed by atoms with van der Waals surface area (Å²) in [6, 6.07) is 9.05. The first-order valence-corrected chi connectivity index (χ1v) is 12.4. The number of alkyl halides is 3. The fraction of sp³-hybridized carbons (Fsp3) is 0.560. The summed E-state index contributed by atoms with van der Waals surface area (Å²) in [5.41, 5.74) is 1.52. The van der Waals surface area contributed by atoms with Crippen molar-refractivity contribution in [3.63, 3.8) is 0 Å². The number of carbonyl (C=O) groups is 2. The molecule has 2 aromatic rings. The molecule has 0 spiro atoms. The van der Waals surface area contributed by atoms with E-state index in [1.165, 1.54) is 7.11 Å². The normalized spacial score (nSPS) is 20.8. The zero-order valence-corrected chi connectivity index (χ0v) is 20.8. The van der Waals surface area contributed by atoms with E-state index in [-0.39, 0.29) is 19.1 Å². The first kappa shape index (κ1) is 26.9. The third-order valence-electron chi connectivity index (χ3n) is 6.53. The highest BCUT2D eigenvalue weighted by atomic mass is 19.4. The van der Waals surface area contributed by atoms with E-state index >= 15 is 0 Å². The molecule has 1 saturated heterocycles. The molecule has 2 N–H and O–H groups in total. The van der Waals surface area contributed by atoms with Gasteiger partial charge in [-0.05, 0) is 26.2 Å². The summed E-state index contributed by atoms with van der Waals surface area (Å²) in [5, 5.41) is 5.34. The molecule has 1 aliphatic carbocycles. The fourth-order valence-corrected chi connectivity index (χ4v) is 4.46. The van der Waals surface area contributed by atoms with Crippen LogP contribution in [0.2, 0.25) is 0 Å². The summed E-state index contributed by atoms with van der Waals surface area (Å²) in [6.45, 7) is 2.45. The van der Waals surface area contributed by atoms with E-state index in [0.717, 1.165) is 18.4 Å². The lowest BCUT2D eigenvalue weighted by atomic mass is 10.1. The maximum absolute atomic E-state index is 13.4. The minimum atomic E-state index is -4.55. The molecule has 9 nitrogen and oxygen atoms in total. The van der Waals surface area contributed by atoms with Crippen molar-refractivity contribution < 1.29 is 32.2 Å². The zero-order valence-electron chi connectivity index (χ0n) is 20.8. The summed E-state index contributed by atoms with van der Waals surface area (Å²) in [5.74, 6) is 0.242. The van der Waals surface area contributed by atoms with Crippen LogP contribution in [0.3, 0.4) is 0 Å². The van der Waals surface area contributed by atoms with Crippen molar-refractivity contribution in [2.75, 3.05) is 26.7 Å². The topological polar surface area (TPSA) is 97.7 Å². The molecule has 1 aromatic carbocycles. The number of amides is 2. The molecular formula is C25H32F3N5O4. The number of morpholine rings is 1. The predicted molar refractivity (Wildman–Crippen MR) is 129 cm³/mol. The Bertz CT molecular complexity index is 1070. The van der Waals surface area contributed by atoms with Gasteiger partial charge in [0, 0.05) is 44.0 Å². The number of hydrogen-bond donors (Lipinski definition) is 2. The number of alkyl carbamates (subject to hydrolysis) is 1. The number of halogens is 3. The maximum Gasteiger partial charge on any atom is 0.415 e. The van der Waals surface area contributed by atoms with Crippen molar-refractivity contribution in [1.29, 1.82) is 0 Å². The van der Waals surface area contributed by atoms with Crippen molar-refractivity contribution in [2.24, 2.45) is 0 Å². The van der Waals surface area contributed by atoms with Crippen LogP contribution in [0.25, 0.3) is 11.4 Å². The van der Waals surface area contributed by atoms with Gasteiger partial charge in [0.1, 0.15) is 11.9 Å². The van der Waals surface area contributed by atoms with Gasteiger partial charge in [-0.1, -0.05) is 30.3 Å². The van der Waals surface area contributed by atoms with Crippen molar-refractivity contribution in [2.45, 2.75) is 63.2 Å². The van der Waals surface area contributed by atoms with Crippen LogP contribution in [0, 0.1) is 0 Å². The third kappa shape index (κ3) is 6.61. The van der Waals surface area contributed by atoms with Crippen LogP contribution >= 0.6 is 0 Å². The number of nitrogens with zero attached hydrogens (tertiary/aromatic N) is 3. The second kappa shape index (κ2) is 11.5. The van der Waals surface area contributed by atoms with Gasteiger partial charge in [0.05, 0.1) is 18.8 Å². The van der Waals surface area contributed by atoms with Crippen molar-refractivity contribution >= 4 is 12.0 Å². The molecule has 2 heterocycles. The van der Waals surface area contributed by atoms with Gasteiger partial charge in [-0.15, -0.1) is 0 Å². The van der Waals surface area contributed by atoms with Crippen LogP contribution in [0.15, 0.2) is 36.5 Å². The van der Waals surface area contributed by atoms with Crippen LogP contribution in [0.1, 0.15) is 37.9 Å². The summed E-state index contributed by atoms with van der Waals surface area (Å²) < 4.78 is 51.5. The smallest absolute Gasteiger partial charge is 0.415 e. The number of imidazole rings is 1. The molecule has 0 bridgehead atoms. The van der Waals surface area contributed by atoms with Gasteiger partial charge in [0.2, 0.25) is 0 Å². The molecule has 2 aliphatic rings. The molecule has 1 saturated carbocycles. The Morgan fingerprint density at radius 1 is 1.27 bits per heavy atom. The quantitative estimate of drug-likeness (QED) is 0.490. The number of hydrogen-bond acceptors (Lipinski definition) is 6. The Balaban J connectivity index is 1.54. The fourth-order valence-electron chi connectivity index (χ4n) is 4.46. The number of methoxy groups -OCH3 is 1. The van der Waals surface area contributed by atoms with Crippen LogP contribution in [-0.2, 0) is 20.8 Å². The van der Waals surface area contributed by atoms with Crippen molar-refractivity contribution in [3.05, 3.63) is 42.2 Å². The van der Waals surface area contributed by atoms with Crippen LogP contribution in [0.5, 0.6) is 0 Å². The number of benzene rings is 1. The van der Waals surface area contributed by atoms with E-state index in [2.05, 4.69) is 15.4 Å². The molecule has 202 valence electrons. The van der Waals surface area contributed by atoms with Crippen LogP contribution in [0.4, 0.5) is 18.0 Å². The lowest BCUT2D eigenvalue weighted by Crippen LogP contribution is -2.56. The summed E-state index contributed by atoms with van der Waals surface area (Å²) in [7, 11) is 1.30. The zero-order chi connectivity index (χ0) is 26.6. The summed E-state index contributed by atoms with van der Waals surface area (Å²) >= 11 is 0. The molecular weight excluding hydrogens is 491 g/mol. The highest BCUT2D eigenvalue weighted by Gasteiger charge is 2.47. The van der Waals surface area contributed by atoms with Gasteiger partial charge in [0.15, 0.2) is 6.10 Å². The van der Waals surface area contributed by atoms with E-state index in [0.29, 0.717) is 31.0 Å². The number of aromatic nitrogens is 2. The molecule has 1 unspecified atom stereocenters. The highest BCUT2D eigenvalue weighted by molar-refractivity contribution is 5.82. The standard InChI is InChI=1S/C25H32F3N5O4/c1-16(33(18-9-10-18)23(34)20-13-29-14-21(37-20)25(26,27)28)19-15-32(12-6-11-30-24(35)36-2)22(31-19)17-7-4-3-5-8-17/h3-5,7-8,15-16,18,20-21,29H,6,9-14H2,1-2H3,(H,30,35)/t16-,20-,21?/m1/s1. The molecule has 1 aliphatic heterocycles. The van der Waals surface area contributed by atoms with E-state index in [1.807, 2.05) is 48.0 Å². The first-order valence-electron chi connectivity index (χ1n) is 12.4. The molecule has 12 heteroatoms. The first-order chi connectivity index (χ1) is 17.7. The average Bonchev–Trinajstić information content (AvgIpc) is 3.64. The molecule has 0 radical (unpaired) electrons. The van der Waals surface area contributed by atoms with E-state index in [1.54, 1.807) is 4.90 Å². The second-order valence-electron chi connectivity index (χ2n) is 9.29. The molecule has 1 aromatic heterocycles. The molecule has 2 amide bonds. The van der Waals surface area contributed by atoms with Gasteiger partial charge in [0.25, 0.3) is 5.91 Å². The monoisotopic (exact) mass is 523 g/mol. The lowest BCUT2D eigenvalue weighted by molar-refractivity contribution is -0.239. The van der Waals surface area contributed by atoms with Gasteiger partial charge in [-0.25, -0.2) is 9.78 Å². The minimum absolute atomic E-state index is 0.0260. The minimum Gasteiger partial charge on any atom is -0.453 e. The Kier molecular flexibility index (Phi) is 8.38. The van der Waals surface area contributed by atoms with Crippen LogP contribution < -0.4 is 10.6 Å². The summed E-state index contributed by atoms with van der Waals surface area (Å²) in [6.07, 6.45) is -4.24. The van der Waals surface area contributed by atoms with E-state index in [9.17, 15) is 22.8 Å². The average molecular weight is 524 g/mol. The number of carbonyl (C=O) groups excluding carboxylic acids is 2. The molecule has 3 atom stereocenters. The Labute approximate surface area is 213 Å². The predicted octanol–water partition coefficient (Wildman–Crippen LogP) is 3.27. The van der Waals surface area contributed by atoms with Crippen LogP contribution in [-0.4, -0.2) is 77.6 Å². The van der Waals surface area contributed by atoms with Gasteiger partial charge >= 0.3 is 12.3 Å². The Morgan fingerprint density at radius 2 is 2.00 bits per heavy atom. The number of nitrogens with one attached hydrogen (secondary N) is 2. The van der Waals surface area contributed by atoms with Gasteiger partial charge in [-0.2, -0.15) is 13.2 Å². The van der Waals surface area contributed by atoms with E-state index in [4.69, 9.17) is 9.72 Å². The number of ether oxygens (including phenoxy) is 2. The van der Waals surface area contributed by atoms with Gasteiger partial charge < -0.3 is 29.6 Å². The van der Waals surface area contributed by atoms with E-state index < -0.39 is 36.4 Å². The van der Waals surface area contributed by atoms with Gasteiger partial charge in [-0.3, -0.25) is 4.79 Å². The largest absolute Gasteiger partial charge is 0.453 e. The molecule has 4 rings (SSSR count). The molecule has 2 fully saturated rings. The highest BCUT2D eigenvalue weighted by Crippen LogP contribution is 2.36. The van der Waals surface area contributed by atoms with Crippen molar-refractivity contribution in [3.8, 4) is 11.4 Å². The second-order valence-corrected chi connectivity index (χ2v) is 9.29. The third-order valence-corrected chi connectivity index (χ3v) is 6.53. The molecule has 37 heavy (non-hydrogen) atoms. The Hall–Kier alpha value is -3.12. The maximum atomic E-state index is 13.4. The summed E-state index contributed by atoms with van der Waals surface area (Å²) in [4.78, 5) is 31.3. The number of aryl methyl sites for hydroxylation is 1. The lowest BCUT2D eigenvalue weighted by Gasteiger charge is -2.36. The van der Waals surface area contributed by atoms with Crippen molar-refractivity contribution in [1.82, 2.24) is 25.1 Å².